The molecular formula is C15H22N6O2. The number of nitrogens with zero attached hydrogens (tertiary/aromatic N) is 6. The Morgan fingerprint density at radius 1 is 1.04 bits per heavy atom. The lowest BCUT2D eigenvalue weighted by atomic mass is 10.3. The molecule has 0 saturated heterocycles. The number of likely N-dealkylation sites (N-methyl/N-ethyl adjacent to an activating group) is 1. The highest BCUT2D eigenvalue weighted by Gasteiger charge is 2.21. The molecule has 0 aliphatic rings. The van der Waals surface area contributed by atoms with Crippen molar-refractivity contribution in [3.05, 3.63) is 32.2 Å². The van der Waals surface area contributed by atoms with Crippen LogP contribution in [0.25, 0.3) is 16.9 Å². The van der Waals surface area contributed by atoms with Crippen molar-refractivity contribution < 1.29 is 0 Å². The number of aryl methyl sites for hydroxylation is 2. The zero-order chi connectivity index (χ0) is 17.0. The van der Waals surface area contributed by atoms with E-state index in [1.165, 1.54) is 11.6 Å². The van der Waals surface area contributed by atoms with Crippen molar-refractivity contribution in [1.82, 2.24) is 28.0 Å². The summed E-state index contributed by atoms with van der Waals surface area (Å²) in [5.41, 5.74) is 2.24. The minimum Gasteiger partial charge on any atom is -0.313 e. The summed E-state index contributed by atoms with van der Waals surface area (Å²) in [6.45, 7) is 5.64. The Morgan fingerprint density at radius 2 is 1.70 bits per heavy atom. The van der Waals surface area contributed by atoms with Gasteiger partial charge in [-0.15, -0.1) is 0 Å². The highest BCUT2D eigenvalue weighted by Crippen LogP contribution is 2.20. The molecule has 0 atom stereocenters. The summed E-state index contributed by atoms with van der Waals surface area (Å²) in [6, 6.07) is 0. The molecule has 3 aromatic heterocycles. The summed E-state index contributed by atoms with van der Waals surface area (Å²) in [5.74, 6) is 0.704. The Kier molecular flexibility index (Phi) is 3.44. The number of aromatic nitrogens is 5. The number of hydrogen-bond donors (Lipinski definition) is 0. The maximum absolute atomic E-state index is 12.6. The van der Waals surface area contributed by atoms with E-state index >= 15 is 0 Å². The van der Waals surface area contributed by atoms with E-state index in [0.29, 0.717) is 16.9 Å². The third-order valence-electron chi connectivity index (χ3n) is 4.52. The van der Waals surface area contributed by atoms with Crippen LogP contribution in [0.4, 0.5) is 0 Å². The van der Waals surface area contributed by atoms with Gasteiger partial charge >= 0.3 is 5.69 Å². The average molecular weight is 318 g/mol. The molecule has 3 aromatic rings. The van der Waals surface area contributed by atoms with E-state index in [1.807, 2.05) is 32.3 Å². The van der Waals surface area contributed by atoms with Gasteiger partial charge in [-0.25, -0.2) is 4.79 Å². The summed E-state index contributed by atoms with van der Waals surface area (Å²) in [4.78, 5) is 31.4. The van der Waals surface area contributed by atoms with Gasteiger partial charge in [-0.2, -0.15) is 4.98 Å². The van der Waals surface area contributed by atoms with Crippen LogP contribution in [0, 0.1) is 13.8 Å². The smallest absolute Gasteiger partial charge is 0.313 e. The lowest BCUT2D eigenvalue weighted by molar-refractivity contribution is 0.384. The van der Waals surface area contributed by atoms with E-state index in [2.05, 4.69) is 14.5 Å². The van der Waals surface area contributed by atoms with Crippen LogP contribution in [0.3, 0.4) is 0 Å². The highest BCUT2D eigenvalue weighted by atomic mass is 16.2. The molecule has 3 heterocycles. The maximum atomic E-state index is 12.6. The second kappa shape index (κ2) is 5.09. The molecule has 23 heavy (non-hydrogen) atoms. The van der Waals surface area contributed by atoms with Crippen LogP contribution in [0.1, 0.15) is 11.4 Å². The van der Waals surface area contributed by atoms with E-state index < -0.39 is 0 Å². The topological polar surface area (TPSA) is 69.5 Å². The van der Waals surface area contributed by atoms with Crippen molar-refractivity contribution in [3.63, 3.8) is 0 Å². The highest BCUT2D eigenvalue weighted by molar-refractivity contribution is 5.76. The first-order valence-corrected chi connectivity index (χ1v) is 7.54. The zero-order valence-electron chi connectivity index (χ0n) is 14.4. The van der Waals surface area contributed by atoms with Gasteiger partial charge in [-0.1, -0.05) is 0 Å². The second-order valence-electron chi connectivity index (χ2n) is 6.25. The van der Waals surface area contributed by atoms with Gasteiger partial charge in [0.05, 0.1) is 0 Å². The van der Waals surface area contributed by atoms with Crippen LogP contribution < -0.4 is 11.2 Å². The fourth-order valence-electron chi connectivity index (χ4n) is 2.96. The molecule has 0 aliphatic heterocycles. The molecule has 8 heteroatoms. The van der Waals surface area contributed by atoms with Gasteiger partial charge in [0.25, 0.3) is 5.56 Å². The Balaban J connectivity index is 2.45. The standard InChI is InChI=1S/C15H22N6O2/c1-9-10(2)21-11-12(18(5)15(23)19(6)13(11)22)16-14(21)20(9)8-7-17(3)4/h7-8H2,1-6H3. The predicted molar refractivity (Wildman–Crippen MR) is 89.2 cm³/mol. The summed E-state index contributed by atoms with van der Waals surface area (Å²) < 4.78 is 6.51. The number of fused-ring (bicyclic) bond motifs is 3. The van der Waals surface area contributed by atoms with Crippen LogP contribution in [-0.4, -0.2) is 48.6 Å². The van der Waals surface area contributed by atoms with Crippen LogP contribution in [-0.2, 0) is 20.6 Å². The summed E-state index contributed by atoms with van der Waals surface area (Å²) in [7, 11) is 7.17. The third-order valence-corrected chi connectivity index (χ3v) is 4.52. The van der Waals surface area contributed by atoms with Crippen molar-refractivity contribution in [1.29, 1.82) is 0 Å². The van der Waals surface area contributed by atoms with Gasteiger partial charge in [0, 0.05) is 38.6 Å². The minimum atomic E-state index is -0.363. The molecule has 0 aromatic carbocycles. The van der Waals surface area contributed by atoms with Gasteiger partial charge in [0.2, 0.25) is 5.78 Å². The maximum Gasteiger partial charge on any atom is 0.332 e. The average Bonchev–Trinajstić information content (AvgIpc) is 2.99. The number of hydrogen-bond acceptors (Lipinski definition) is 4. The van der Waals surface area contributed by atoms with Crippen LogP contribution in [0.15, 0.2) is 9.59 Å². The van der Waals surface area contributed by atoms with Gasteiger partial charge in [-0.05, 0) is 27.9 Å². The van der Waals surface area contributed by atoms with Crippen molar-refractivity contribution in [2.45, 2.75) is 20.4 Å². The first-order valence-electron chi connectivity index (χ1n) is 7.54. The van der Waals surface area contributed by atoms with Gasteiger partial charge in [0.1, 0.15) is 0 Å². The molecule has 0 N–H and O–H groups in total. The molecule has 0 saturated carbocycles. The van der Waals surface area contributed by atoms with Crippen molar-refractivity contribution in [2.75, 3.05) is 20.6 Å². The third kappa shape index (κ3) is 2.05. The van der Waals surface area contributed by atoms with Crippen molar-refractivity contribution in [3.8, 4) is 0 Å². The second-order valence-corrected chi connectivity index (χ2v) is 6.25. The monoisotopic (exact) mass is 318 g/mol. The van der Waals surface area contributed by atoms with E-state index in [9.17, 15) is 9.59 Å². The van der Waals surface area contributed by atoms with Gasteiger partial charge < -0.3 is 9.47 Å². The van der Waals surface area contributed by atoms with Crippen LogP contribution in [0.5, 0.6) is 0 Å². The van der Waals surface area contributed by atoms with Crippen molar-refractivity contribution in [2.24, 2.45) is 14.1 Å². The van der Waals surface area contributed by atoms with E-state index in [4.69, 9.17) is 0 Å². The Labute approximate surface area is 133 Å². The molecule has 3 rings (SSSR count). The fourth-order valence-corrected chi connectivity index (χ4v) is 2.96. The van der Waals surface area contributed by atoms with Crippen LogP contribution in [0.2, 0.25) is 0 Å². The molecule has 0 spiro atoms. The Hall–Kier alpha value is -2.35. The van der Waals surface area contributed by atoms with E-state index in [-0.39, 0.29) is 11.2 Å². The molecule has 0 unspecified atom stereocenters. The molecule has 0 fully saturated rings. The molecule has 0 radical (unpaired) electrons. The molecule has 8 nitrogen and oxygen atoms in total. The predicted octanol–water partition coefficient (Wildman–Crippen LogP) is -0.135. The molecule has 0 bridgehead atoms. The summed E-state index contributed by atoms with van der Waals surface area (Å²) in [6.07, 6.45) is 0. The summed E-state index contributed by atoms with van der Waals surface area (Å²) >= 11 is 0. The van der Waals surface area contributed by atoms with Crippen molar-refractivity contribution >= 4 is 16.9 Å². The first-order chi connectivity index (χ1) is 10.8. The first kappa shape index (κ1) is 15.5. The SMILES string of the molecule is Cc1c(C)n2c3c(=O)n(C)c(=O)n(C)c3nc2n1CCN(C)C. The number of imidazole rings is 2. The molecule has 0 amide bonds. The zero-order valence-corrected chi connectivity index (χ0v) is 14.4. The lowest BCUT2D eigenvalue weighted by Gasteiger charge is -2.11. The van der Waals surface area contributed by atoms with Gasteiger partial charge in [-0.3, -0.25) is 18.3 Å². The fraction of sp³-hybridized carbons (Fsp3) is 0.533. The Bertz CT molecular complexity index is 1030. The quantitative estimate of drug-likeness (QED) is 0.674. The lowest BCUT2D eigenvalue weighted by Crippen LogP contribution is -2.37. The van der Waals surface area contributed by atoms with Gasteiger partial charge in [0.15, 0.2) is 11.2 Å². The molecular weight excluding hydrogens is 296 g/mol. The van der Waals surface area contributed by atoms with Crippen LogP contribution >= 0.6 is 0 Å². The minimum absolute atomic E-state index is 0.316. The molecule has 124 valence electrons. The van der Waals surface area contributed by atoms with E-state index in [0.717, 1.165) is 29.0 Å². The Morgan fingerprint density at radius 3 is 2.30 bits per heavy atom. The summed E-state index contributed by atoms with van der Waals surface area (Å²) in [5, 5.41) is 0. The van der Waals surface area contributed by atoms with E-state index in [1.54, 1.807) is 7.05 Å². The molecule has 0 aliphatic carbocycles. The normalized spacial score (nSPS) is 12.1. The largest absolute Gasteiger partial charge is 0.332 e. The number of rotatable bonds is 3.